The molecule has 1 N–H and O–H groups in total. The van der Waals surface area contributed by atoms with Gasteiger partial charge in [-0.25, -0.2) is 9.97 Å². The SMILES string of the molecule is Cc1cc(Cl)cnc1NC(=O)Cc1csc(-c2ccccc2)n1. The van der Waals surface area contributed by atoms with Gasteiger partial charge >= 0.3 is 0 Å². The van der Waals surface area contributed by atoms with Crippen molar-refractivity contribution in [3.05, 3.63) is 64.3 Å². The van der Waals surface area contributed by atoms with Crippen LogP contribution in [0, 0.1) is 6.92 Å². The third-order valence-corrected chi connectivity index (χ3v) is 4.36. The number of nitrogens with zero attached hydrogens (tertiary/aromatic N) is 2. The fraction of sp³-hybridized carbons (Fsp3) is 0.118. The van der Waals surface area contributed by atoms with E-state index in [1.807, 2.05) is 42.6 Å². The van der Waals surface area contributed by atoms with Crippen LogP contribution in [-0.4, -0.2) is 15.9 Å². The van der Waals surface area contributed by atoms with Gasteiger partial charge in [0.05, 0.1) is 17.1 Å². The number of aryl methyl sites for hydroxylation is 1. The average Bonchev–Trinajstić information content (AvgIpc) is 2.99. The van der Waals surface area contributed by atoms with Crippen LogP contribution in [0.5, 0.6) is 0 Å². The lowest BCUT2D eigenvalue weighted by Crippen LogP contribution is -2.16. The van der Waals surface area contributed by atoms with Gasteiger partial charge in [0.25, 0.3) is 0 Å². The van der Waals surface area contributed by atoms with Gasteiger partial charge in [0, 0.05) is 17.1 Å². The smallest absolute Gasteiger partial charge is 0.231 e. The molecule has 0 aliphatic rings. The number of hydrogen-bond acceptors (Lipinski definition) is 4. The lowest BCUT2D eigenvalue weighted by molar-refractivity contribution is -0.115. The van der Waals surface area contributed by atoms with Crippen molar-refractivity contribution in [2.24, 2.45) is 0 Å². The lowest BCUT2D eigenvalue weighted by atomic mass is 10.2. The summed E-state index contributed by atoms with van der Waals surface area (Å²) in [5, 5.41) is 6.16. The molecule has 3 aromatic rings. The third kappa shape index (κ3) is 3.94. The molecule has 23 heavy (non-hydrogen) atoms. The van der Waals surface area contributed by atoms with Crippen molar-refractivity contribution in [1.29, 1.82) is 0 Å². The number of pyridine rings is 1. The summed E-state index contributed by atoms with van der Waals surface area (Å²) in [6, 6.07) is 11.7. The van der Waals surface area contributed by atoms with Crippen LogP contribution in [0.3, 0.4) is 0 Å². The Kier molecular flexibility index (Phi) is 4.69. The molecule has 0 spiro atoms. The Labute approximate surface area is 143 Å². The van der Waals surface area contributed by atoms with Crippen LogP contribution in [0.25, 0.3) is 10.6 Å². The highest BCUT2D eigenvalue weighted by Gasteiger charge is 2.11. The maximum Gasteiger partial charge on any atom is 0.231 e. The number of aromatic nitrogens is 2. The van der Waals surface area contributed by atoms with Crippen LogP contribution in [0.15, 0.2) is 48.0 Å². The van der Waals surface area contributed by atoms with Crippen LogP contribution in [-0.2, 0) is 11.2 Å². The van der Waals surface area contributed by atoms with Gasteiger partial charge < -0.3 is 5.32 Å². The van der Waals surface area contributed by atoms with Crippen LogP contribution in [0.4, 0.5) is 5.82 Å². The molecule has 4 nitrogen and oxygen atoms in total. The molecule has 0 radical (unpaired) electrons. The van der Waals surface area contributed by atoms with E-state index in [0.29, 0.717) is 10.8 Å². The van der Waals surface area contributed by atoms with E-state index < -0.39 is 0 Å². The fourth-order valence-electron chi connectivity index (χ4n) is 2.11. The van der Waals surface area contributed by atoms with E-state index in [1.54, 1.807) is 6.07 Å². The summed E-state index contributed by atoms with van der Waals surface area (Å²) in [7, 11) is 0. The number of hydrogen-bond donors (Lipinski definition) is 1. The first-order chi connectivity index (χ1) is 11.1. The van der Waals surface area contributed by atoms with E-state index in [0.717, 1.165) is 21.8 Å². The maximum atomic E-state index is 12.1. The number of amides is 1. The highest BCUT2D eigenvalue weighted by molar-refractivity contribution is 7.13. The zero-order valence-corrected chi connectivity index (χ0v) is 14.0. The molecule has 1 aromatic carbocycles. The average molecular weight is 344 g/mol. The Morgan fingerprint density at radius 3 is 2.83 bits per heavy atom. The summed E-state index contributed by atoms with van der Waals surface area (Å²) in [6.07, 6.45) is 1.73. The first-order valence-corrected chi connectivity index (χ1v) is 8.29. The molecule has 0 aliphatic heterocycles. The molecule has 3 rings (SSSR count). The monoisotopic (exact) mass is 343 g/mol. The summed E-state index contributed by atoms with van der Waals surface area (Å²) in [4.78, 5) is 20.8. The third-order valence-electron chi connectivity index (χ3n) is 3.22. The molecule has 6 heteroatoms. The van der Waals surface area contributed by atoms with Crippen LogP contribution >= 0.6 is 22.9 Å². The van der Waals surface area contributed by atoms with Gasteiger partial charge in [-0.1, -0.05) is 41.9 Å². The summed E-state index contributed by atoms with van der Waals surface area (Å²) < 4.78 is 0. The summed E-state index contributed by atoms with van der Waals surface area (Å²) in [5.41, 5.74) is 2.63. The molecular formula is C17H14ClN3OS. The number of thiazole rings is 1. The zero-order chi connectivity index (χ0) is 16.2. The fourth-order valence-corrected chi connectivity index (χ4v) is 3.15. The van der Waals surface area contributed by atoms with Crippen molar-refractivity contribution in [3.8, 4) is 10.6 Å². The lowest BCUT2D eigenvalue weighted by Gasteiger charge is -2.06. The number of carbonyl (C=O) groups is 1. The molecule has 2 aromatic heterocycles. The maximum absolute atomic E-state index is 12.1. The van der Waals surface area contributed by atoms with E-state index in [-0.39, 0.29) is 12.3 Å². The topological polar surface area (TPSA) is 54.9 Å². The zero-order valence-electron chi connectivity index (χ0n) is 12.4. The molecule has 0 fully saturated rings. The number of rotatable bonds is 4. The largest absolute Gasteiger partial charge is 0.310 e. The van der Waals surface area contributed by atoms with E-state index >= 15 is 0 Å². The van der Waals surface area contributed by atoms with E-state index in [9.17, 15) is 4.79 Å². The minimum Gasteiger partial charge on any atom is -0.310 e. The second-order valence-corrected chi connectivity index (χ2v) is 6.35. The molecular weight excluding hydrogens is 330 g/mol. The van der Waals surface area contributed by atoms with Gasteiger partial charge in [0.15, 0.2) is 0 Å². The number of nitrogens with one attached hydrogen (secondary N) is 1. The number of carbonyl (C=O) groups excluding carboxylic acids is 1. The van der Waals surface area contributed by atoms with Crippen molar-refractivity contribution in [3.63, 3.8) is 0 Å². The standard InChI is InChI=1S/C17H14ClN3OS/c1-11-7-13(18)9-19-16(11)21-15(22)8-14-10-23-17(20-14)12-5-3-2-4-6-12/h2-7,9-10H,8H2,1H3,(H,19,21,22). The van der Waals surface area contributed by atoms with Crippen molar-refractivity contribution in [2.75, 3.05) is 5.32 Å². The van der Waals surface area contributed by atoms with Crippen molar-refractivity contribution < 1.29 is 4.79 Å². The number of anilines is 1. The van der Waals surface area contributed by atoms with Gasteiger partial charge in [0.1, 0.15) is 10.8 Å². The number of benzene rings is 1. The number of halogens is 1. The molecule has 0 aliphatic carbocycles. The Hall–Kier alpha value is -2.24. The van der Waals surface area contributed by atoms with Crippen LogP contribution in [0.1, 0.15) is 11.3 Å². The Morgan fingerprint density at radius 2 is 2.09 bits per heavy atom. The second kappa shape index (κ2) is 6.89. The van der Waals surface area contributed by atoms with E-state index in [1.165, 1.54) is 17.5 Å². The van der Waals surface area contributed by atoms with E-state index in [2.05, 4.69) is 15.3 Å². The van der Waals surface area contributed by atoms with Crippen molar-refractivity contribution in [2.45, 2.75) is 13.3 Å². The van der Waals surface area contributed by atoms with Crippen molar-refractivity contribution >= 4 is 34.7 Å². The van der Waals surface area contributed by atoms with Crippen LogP contribution < -0.4 is 5.32 Å². The van der Waals surface area contributed by atoms with Gasteiger partial charge in [0.2, 0.25) is 5.91 Å². The predicted molar refractivity (Wildman–Crippen MR) is 93.9 cm³/mol. The minimum atomic E-state index is -0.146. The molecule has 0 atom stereocenters. The molecule has 2 heterocycles. The van der Waals surface area contributed by atoms with Gasteiger partial charge in [-0.2, -0.15) is 0 Å². The molecule has 0 saturated carbocycles. The van der Waals surface area contributed by atoms with Gasteiger partial charge in [-0.05, 0) is 18.6 Å². The molecule has 116 valence electrons. The molecule has 0 bridgehead atoms. The van der Waals surface area contributed by atoms with Crippen LogP contribution in [0.2, 0.25) is 5.02 Å². The molecule has 0 unspecified atom stereocenters. The summed E-state index contributed by atoms with van der Waals surface area (Å²) in [5.74, 6) is 0.380. The Morgan fingerprint density at radius 1 is 1.30 bits per heavy atom. The molecule has 1 amide bonds. The first-order valence-electron chi connectivity index (χ1n) is 7.03. The molecule has 0 saturated heterocycles. The Bertz CT molecular complexity index is 833. The van der Waals surface area contributed by atoms with Gasteiger partial charge in [-0.15, -0.1) is 11.3 Å². The highest BCUT2D eigenvalue weighted by Crippen LogP contribution is 2.23. The first kappa shape index (κ1) is 15.6. The quantitative estimate of drug-likeness (QED) is 0.766. The summed E-state index contributed by atoms with van der Waals surface area (Å²) in [6.45, 7) is 1.85. The predicted octanol–water partition coefficient (Wildman–Crippen LogP) is 4.35. The minimum absolute atomic E-state index is 0.146. The Balaban J connectivity index is 1.68. The normalized spacial score (nSPS) is 10.5. The summed E-state index contributed by atoms with van der Waals surface area (Å²) >= 11 is 7.39. The van der Waals surface area contributed by atoms with E-state index in [4.69, 9.17) is 11.6 Å². The second-order valence-electron chi connectivity index (χ2n) is 5.05. The van der Waals surface area contributed by atoms with Crippen molar-refractivity contribution in [1.82, 2.24) is 9.97 Å². The van der Waals surface area contributed by atoms with Gasteiger partial charge in [-0.3, -0.25) is 4.79 Å². The highest BCUT2D eigenvalue weighted by atomic mass is 35.5.